The molecule has 0 unspecified atom stereocenters. The van der Waals surface area contributed by atoms with Gasteiger partial charge in [-0.25, -0.2) is 0 Å². The lowest BCUT2D eigenvalue weighted by Crippen LogP contribution is -2.39. The van der Waals surface area contributed by atoms with Crippen LogP contribution in [0.3, 0.4) is 0 Å². The number of unbranched alkanes of at least 4 members (excludes halogenated alkanes) is 1. The van der Waals surface area contributed by atoms with Crippen LogP contribution >= 0.6 is 0 Å². The lowest BCUT2D eigenvalue weighted by atomic mass is 9.87. The maximum atomic E-state index is 8.91. The minimum atomic E-state index is 0.310. The first-order chi connectivity index (χ1) is 9.78. The number of fused-ring (bicyclic) bond motifs is 1. The van der Waals surface area contributed by atoms with Crippen molar-refractivity contribution >= 4 is 0 Å². The first kappa shape index (κ1) is 15.3. The average molecular weight is 277 g/mol. The van der Waals surface area contributed by atoms with Crippen molar-refractivity contribution in [2.45, 2.75) is 45.1 Å². The Kier molecular flexibility index (Phi) is 5.86. The fourth-order valence-corrected chi connectivity index (χ4v) is 3.18. The predicted molar refractivity (Wildman–Crippen MR) is 82.4 cm³/mol. The molecule has 1 atom stereocenters. The first-order valence-electron chi connectivity index (χ1n) is 7.79. The molecule has 0 saturated heterocycles. The second-order valence-corrected chi connectivity index (χ2v) is 5.59. The molecule has 0 amide bonds. The molecule has 1 aromatic carbocycles. The van der Waals surface area contributed by atoms with Crippen LogP contribution in [0.25, 0.3) is 0 Å². The number of benzene rings is 1. The van der Waals surface area contributed by atoms with Crippen molar-refractivity contribution in [3.63, 3.8) is 0 Å². The third kappa shape index (κ3) is 3.74. The number of hydrogen-bond acceptors (Lipinski definition) is 3. The molecule has 0 heterocycles. The number of methoxy groups -OCH3 is 1. The molecule has 0 saturated carbocycles. The molecule has 1 aliphatic carbocycles. The van der Waals surface area contributed by atoms with E-state index in [2.05, 4.69) is 30.0 Å². The Labute approximate surface area is 122 Å². The minimum Gasteiger partial charge on any atom is -0.497 e. The molecule has 0 bridgehead atoms. The summed E-state index contributed by atoms with van der Waals surface area (Å²) in [7, 11) is 1.73. The highest BCUT2D eigenvalue weighted by Gasteiger charge is 2.23. The van der Waals surface area contributed by atoms with Crippen molar-refractivity contribution in [2.75, 3.05) is 26.8 Å². The minimum absolute atomic E-state index is 0.310. The third-order valence-electron chi connectivity index (χ3n) is 4.39. The monoisotopic (exact) mass is 277 g/mol. The lowest BCUT2D eigenvalue weighted by Gasteiger charge is -2.34. The van der Waals surface area contributed by atoms with Crippen molar-refractivity contribution in [2.24, 2.45) is 0 Å². The average Bonchev–Trinajstić information content (AvgIpc) is 2.50. The Bertz CT molecular complexity index is 419. The third-order valence-corrected chi connectivity index (χ3v) is 4.39. The molecule has 1 aromatic rings. The number of ether oxygens (including phenoxy) is 1. The van der Waals surface area contributed by atoms with Gasteiger partial charge in [0.25, 0.3) is 0 Å². The van der Waals surface area contributed by atoms with Gasteiger partial charge in [-0.3, -0.25) is 0 Å². The number of rotatable bonds is 7. The Hall–Kier alpha value is -1.06. The van der Waals surface area contributed by atoms with Crippen LogP contribution in [0.4, 0.5) is 0 Å². The smallest absolute Gasteiger partial charge is 0.119 e. The van der Waals surface area contributed by atoms with Gasteiger partial charge < -0.3 is 14.7 Å². The zero-order chi connectivity index (χ0) is 14.4. The van der Waals surface area contributed by atoms with Gasteiger partial charge in [0.1, 0.15) is 5.75 Å². The Morgan fingerprint density at radius 2 is 2.15 bits per heavy atom. The summed E-state index contributed by atoms with van der Waals surface area (Å²) in [5, 5.41) is 8.91. The Balaban J connectivity index is 1.98. The summed E-state index contributed by atoms with van der Waals surface area (Å²) in [4.78, 5) is 2.57. The van der Waals surface area contributed by atoms with Crippen LogP contribution in [0.15, 0.2) is 18.2 Å². The molecule has 20 heavy (non-hydrogen) atoms. The molecule has 3 nitrogen and oxygen atoms in total. The van der Waals surface area contributed by atoms with Crippen molar-refractivity contribution in [3.05, 3.63) is 29.3 Å². The zero-order valence-corrected chi connectivity index (χ0v) is 12.8. The van der Waals surface area contributed by atoms with Gasteiger partial charge in [0, 0.05) is 12.6 Å². The van der Waals surface area contributed by atoms with Gasteiger partial charge in [0.05, 0.1) is 7.11 Å². The highest BCUT2D eigenvalue weighted by Crippen LogP contribution is 2.27. The lowest BCUT2D eigenvalue weighted by molar-refractivity contribution is 0.178. The fraction of sp³-hybridized carbons (Fsp3) is 0.647. The first-order valence-corrected chi connectivity index (χ1v) is 7.79. The number of hydrogen-bond donors (Lipinski definition) is 1. The van der Waals surface area contributed by atoms with E-state index in [9.17, 15) is 0 Å². The summed E-state index contributed by atoms with van der Waals surface area (Å²) < 4.78 is 5.31. The summed E-state index contributed by atoms with van der Waals surface area (Å²) in [6.07, 6.45) is 5.53. The molecule has 0 aromatic heterocycles. The largest absolute Gasteiger partial charge is 0.497 e. The SMILES string of the molecule is CCN(CCCCO)[C@@H]1CCc2cc(OC)ccc2C1. The van der Waals surface area contributed by atoms with E-state index in [1.165, 1.54) is 17.5 Å². The van der Waals surface area contributed by atoms with E-state index >= 15 is 0 Å². The zero-order valence-electron chi connectivity index (χ0n) is 12.8. The second-order valence-electron chi connectivity index (χ2n) is 5.59. The maximum Gasteiger partial charge on any atom is 0.119 e. The normalized spacial score (nSPS) is 18.1. The van der Waals surface area contributed by atoms with Gasteiger partial charge in [-0.15, -0.1) is 0 Å². The van der Waals surface area contributed by atoms with Crippen molar-refractivity contribution in [3.8, 4) is 5.75 Å². The number of aliphatic hydroxyl groups excluding tert-OH is 1. The van der Waals surface area contributed by atoms with Crippen molar-refractivity contribution < 1.29 is 9.84 Å². The van der Waals surface area contributed by atoms with E-state index in [1.807, 2.05) is 0 Å². The van der Waals surface area contributed by atoms with Crippen molar-refractivity contribution in [1.29, 1.82) is 0 Å². The van der Waals surface area contributed by atoms with Crippen LogP contribution in [0.5, 0.6) is 5.75 Å². The van der Waals surface area contributed by atoms with Gasteiger partial charge in [-0.2, -0.15) is 0 Å². The summed E-state index contributed by atoms with van der Waals surface area (Å²) in [5.74, 6) is 0.970. The standard InChI is InChI=1S/C17H27NO2/c1-3-18(10-4-5-11-19)16-8-6-15-13-17(20-2)9-7-14(15)12-16/h7,9,13,16,19H,3-6,8,10-12H2,1-2H3/t16-/m1/s1. The molecule has 112 valence electrons. The van der Waals surface area contributed by atoms with Crippen LogP contribution in [0.1, 0.15) is 37.3 Å². The number of likely N-dealkylation sites (N-methyl/N-ethyl adjacent to an activating group) is 1. The molecule has 0 fully saturated rings. The van der Waals surface area contributed by atoms with Crippen LogP contribution in [-0.2, 0) is 12.8 Å². The van der Waals surface area contributed by atoms with Crippen LogP contribution < -0.4 is 4.74 Å². The van der Waals surface area contributed by atoms with Crippen LogP contribution in [0, 0.1) is 0 Å². The van der Waals surface area contributed by atoms with Gasteiger partial charge in [-0.05, 0) is 68.5 Å². The number of nitrogens with zero attached hydrogens (tertiary/aromatic N) is 1. The quantitative estimate of drug-likeness (QED) is 0.778. The van der Waals surface area contributed by atoms with Gasteiger partial charge in [-0.1, -0.05) is 13.0 Å². The number of aryl methyl sites for hydroxylation is 1. The molecular weight excluding hydrogens is 250 g/mol. The summed E-state index contributed by atoms with van der Waals surface area (Å²) in [5.41, 5.74) is 2.93. The van der Waals surface area contributed by atoms with E-state index < -0.39 is 0 Å². The predicted octanol–water partition coefficient (Wildman–Crippen LogP) is 2.65. The molecule has 1 aliphatic rings. The Morgan fingerprint density at radius 3 is 2.85 bits per heavy atom. The molecule has 2 rings (SSSR count). The highest BCUT2D eigenvalue weighted by atomic mass is 16.5. The molecular formula is C17H27NO2. The molecule has 0 spiro atoms. The maximum absolute atomic E-state index is 8.91. The molecule has 0 radical (unpaired) electrons. The summed E-state index contributed by atoms with van der Waals surface area (Å²) >= 11 is 0. The van der Waals surface area contributed by atoms with E-state index in [0.29, 0.717) is 12.6 Å². The van der Waals surface area contributed by atoms with E-state index in [0.717, 1.165) is 44.5 Å². The van der Waals surface area contributed by atoms with E-state index in [4.69, 9.17) is 9.84 Å². The van der Waals surface area contributed by atoms with E-state index in [1.54, 1.807) is 7.11 Å². The van der Waals surface area contributed by atoms with Crippen molar-refractivity contribution in [1.82, 2.24) is 4.90 Å². The summed E-state index contributed by atoms with van der Waals surface area (Å²) in [6.45, 7) is 4.75. The van der Waals surface area contributed by atoms with Gasteiger partial charge in [0.15, 0.2) is 0 Å². The van der Waals surface area contributed by atoms with Gasteiger partial charge >= 0.3 is 0 Å². The van der Waals surface area contributed by atoms with E-state index in [-0.39, 0.29) is 0 Å². The highest BCUT2D eigenvalue weighted by molar-refractivity contribution is 5.37. The fourth-order valence-electron chi connectivity index (χ4n) is 3.18. The second kappa shape index (κ2) is 7.65. The summed E-state index contributed by atoms with van der Waals surface area (Å²) in [6, 6.07) is 7.14. The van der Waals surface area contributed by atoms with Crippen LogP contribution in [-0.4, -0.2) is 42.9 Å². The number of aliphatic hydroxyl groups is 1. The van der Waals surface area contributed by atoms with Gasteiger partial charge in [0.2, 0.25) is 0 Å². The topological polar surface area (TPSA) is 32.7 Å². The molecule has 0 aliphatic heterocycles. The Morgan fingerprint density at radius 1 is 1.30 bits per heavy atom. The molecule has 3 heteroatoms. The van der Waals surface area contributed by atoms with Crippen LogP contribution in [0.2, 0.25) is 0 Å². The molecule has 1 N–H and O–H groups in total.